The first-order valence-electron chi connectivity index (χ1n) is 6.76. The number of rotatable bonds is 7. The van der Waals surface area contributed by atoms with Crippen LogP contribution in [0.2, 0.25) is 0 Å². The molecular weight excluding hydrogens is 246 g/mol. The van der Waals surface area contributed by atoms with Crippen molar-refractivity contribution in [1.29, 1.82) is 0 Å². The Morgan fingerprint density at radius 2 is 1.84 bits per heavy atom. The second-order valence-electron chi connectivity index (χ2n) is 5.43. The Hall–Kier alpha value is -1.30. The number of ether oxygens (including phenoxy) is 1. The van der Waals surface area contributed by atoms with Gasteiger partial charge in [-0.15, -0.1) is 0 Å². The highest BCUT2D eigenvalue weighted by molar-refractivity contribution is 5.81. The summed E-state index contributed by atoms with van der Waals surface area (Å²) in [5.74, 6) is -0.123. The molecule has 4 N–H and O–H groups in total. The van der Waals surface area contributed by atoms with E-state index < -0.39 is 17.7 Å². The molecule has 0 heterocycles. The molecule has 1 atom stereocenters. The molecule has 0 saturated carbocycles. The number of amides is 2. The maximum Gasteiger partial charge on any atom is 0.407 e. The first-order chi connectivity index (χ1) is 8.76. The normalized spacial score (nSPS) is 12.7. The number of hydrogen-bond acceptors (Lipinski definition) is 4. The fourth-order valence-electron chi connectivity index (χ4n) is 1.43. The van der Waals surface area contributed by atoms with Gasteiger partial charge in [-0.3, -0.25) is 4.79 Å². The zero-order valence-corrected chi connectivity index (χ0v) is 12.4. The van der Waals surface area contributed by atoms with Crippen molar-refractivity contribution in [1.82, 2.24) is 10.6 Å². The minimum absolute atomic E-state index is 0.123. The molecule has 0 radical (unpaired) electrons. The molecule has 1 unspecified atom stereocenters. The second-order valence-corrected chi connectivity index (χ2v) is 5.43. The van der Waals surface area contributed by atoms with Gasteiger partial charge in [0.1, 0.15) is 5.60 Å². The summed E-state index contributed by atoms with van der Waals surface area (Å²) in [5.41, 5.74) is 5.22. The number of likely N-dealkylation sites (N-methyl/N-ethyl adjacent to an activating group) is 1. The van der Waals surface area contributed by atoms with Crippen molar-refractivity contribution in [3.05, 3.63) is 0 Å². The molecule has 0 rings (SSSR count). The Morgan fingerprint density at radius 1 is 1.21 bits per heavy atom. The third-order valence-corrected chi connectivity index (χ3v) is 2.30. The van der Waals surface area contributed by atoms with Gasteiger partial charge in [0.25, 0.3) is 0 Å². The van der Waals surface area contributed by atoms with Crippen LogP contribution in [-0.4, -0.2) is 36.7 Å². The first-order valence-corrected chi connectivity index (χ1v) is 6.76. The second kappa shape index (κ2) is 8.74. The Morgan fingerprint density at radius 3 is 2.37 bits per heavy atom. The standard InChI is InChI=1S/C13H27N3O3/c1-5-15-11(17)10(14)8-6-7-9-16-12(18)19-13(2,3)4/h10H,5-9,14H2,1-4H3,(H,15,17)(H,16,18). The number of carbonyl (C=O) groups excluding carboxylic acids is 2. The van der Waals surface area contributed by atoms with E-state index in [1.54, 1.807) is 0 Å². The van der Waals surface area contributed by atoms with Crippen LogP contribution in [0.3, 0.4) is 0 Å². The molecule has 0 aliphatic carbocycles. The number of nitrogens with one attached hydrogen (secondary N) is 2. The summed E-state index contributed by atoms with van der Waals surface area (Å²) in [5, 5.41) is 5.34. The number of hydrogen-bond donors (Lipinski definition) is 3. The summed E-state index contributed by atoms with van der Waals surface area (Å²) in [6.45, 7) is 8.42. The van der Waals surface area contributed by atoms with E-state index in [-0.39, 0.29) is 5.91 Å². The smallest absolute Gasteiger partial charge is 0.407 e. The fourth-order valence-corrected chi connectivity index (χ4v) is 1.43. The molecule has 6 heteroatoms. The minimum atomic E-state index is -0.481. The molecule has 6 nitrogen and oxygen atoms in total. The van der Waals surface area contributed by atoms with Gasteiger partial charge < -0.3 is 21.1 Å². The Balaban J connectivity index is 3.60. The Bertz CT molecular complexity index is 287. The molecule has 0 aliphatic heterocycles. The summed E-state index contributed by atoms with van der Waals surface area (Å²) >= 11 is 0. The topological polar surface area (TPSA) is 93.5 Å². The molecule has 0 saturated heterocycles. The van der Waals surface area contributed by atoms with E-state index in [2.05, 4.69) is 10.6 Å². The van der Waals surface area contributed by atoms with Crippen molar-refractivity contribution < 1.29 is 14.3 Å². The highest BCUT2D eigenvalue weighted by Crippen LogP contribution is 2.06. The Kier molecular flexibility index (Phi) is 8.14. The summed E-state index contributed by atoms with van der Waals surface area (Å²) in [6, 6.07) is -0.471. The molecule has 0 aromatic rings. The molecular formula is C13H27N3O3. The van der Waals surface area contributed by atoms with Gasteiger partial charge in [-0.2, -0.15) is 0 Å². The molecule has 2 amide bonds. The van der Waals surface area contributed by atoms with Crippen molar-refractivity contribution in [3.63, 3.8) is 0 Å². The van der Waals surface area contributed by atoms with E-state index in [0.29, 0.717) is 19.5 Å². The van der Waals surface area contributed by atoms with Gasteiger partial charge >= 0.3 is 6.09 Å². The van der Waals surface area contributed by atoms with Crippen LogP contribution in [0.5, 0.6) is 0 Å². The molecule has 0 fully saturated rings. The molecule has 0 aromatic heterocycles. The van der Waals surface area contributed by atoms with Gasteiger partial charge in [-0.1, -0.05) is 0 Å². The lowest BCUT2D eigenvalue weighted by Crippen LogP contribution is -2.40. The highest BCUT2D eigenvalue weighted by atomic mass is 16.6. The summed E-state index contributed by atoms with van der Waals surface area (Å²) in [7, 11) is 0. The predicted octanol–water partition coefficient (Wildman–Crippen LogP) is 1.14. The number of carbonyl (C=O) groups is 2. The van der Waals surface area contributed by atoms with Gasteiger partial charge in [-0.05, 0) is 47.0 Å². The van der Waals surface area contributed by atoms with Gasteiger partial charge in [0.05, 0.1) is 6.04 Å². The molecule has 0 aromatic carbocycles. The summed E-state index contributed by atoms with van der Waals surface area (Å²) < 4.78 is 5.10. The maximum atomic E-state index is 11.3. The zero-order valence-electron chi connectivity index (χ0n) is 12.4. The third kappa shape index (κ3) is 10.3. The number of unbranched alkanes of at least 4 members (excludes halogenated alkanes) is 1. The lowest BCUT2D eigenvalue weighted by molar-refractivity contribution is -0.122. The largest absolute Gasteiger partial charge is 0.444 e. The summed E-state index contributed by atoms with van der Waals surface area (Å²) in [4.78, 5) is 22.7. The average Bonchev–Trinajstić information content (AvgIpc) is 2.26. The molecule has 19 heavy (non-hydrogen) atoms. The first kappa shape index (κ1) is 17.7. The van der Waals surface area contributed by atoms with E-state index in [1.807, 2.05) is 27.7 Å². The van der Waals surface area contributed by atoms with E-state index in [1.165, 1.54) is 0 Å². The Labute approximate surface area is 115 Å². The maximum absolute atomic E-state index is 11.3. The zero-order chi connectivity index (χ0) is 14.9. The van der Waals surface area contributed by atoms with Crippen LogP contribution < -0.4 is 16.4 Å². The summed E-state index contributed by atoms with van der Waals surface area (Å²) in [6.07, 6.45) is 1.75. The quantitative estimate of drug-likeness (QED) is 0.606. The third-order valence-electron chi connectivity index (χ3n) is 2.30. The lowest BCUT2D eigenvalue weighted by Gasteiger charge is -2.19. The van der Waals surface area contributed by atoms with E-state index in [9.17, 15) is 9.59 Å². The van der Waals surface area contributed by atoms with Gasteiger partial charge in [-0.25, -0.2) is 4.79 Å². The van der Waals surface area contributed by atoms with Crippen LogP contribution in [0.4, 0.5) is 4.79 Å². The van der Waals surface area contributed by atoms with E-state index >= 15 is 0 Å². The molecule has 0 spiro atoms. The molecule has 0 aliphatic rings. The molecule has 112 valence electrons. The predicted molar refractivity (Wildman–Crippen MR) is 74.7 cm³/mol. The number of nitrogens with two attached hydrogens (primary N) is 1. The molecule has 0 bridgehead atoms. The van der Waals surface area contributed by atoms with Gasteiger partial charge in [0.15, 0.2) is 0 Å². The van der Waals surface area contributed by atoms with Crippen LogP contribution in [-0.2, 0) is 9.53 Å². The van der Waals surface area contributed by atoms with Crippen molar-refractivity contribution in [2.24, 2.45) is 5.73 Å². The van der Waals surface area contributed by atoms with Crippen LogP contribution in [0.1, 0.15) is 47.0 Å². The minimum Gasteiger partial charge on any atom is -0.444 e. The number of alkyl carbamates (subject to hydrolysis) is 1. The van der Waals surface area contributed by atoms with Crippen LogP contribution in [0.15, 0.2) is 0 Å². The SMILES string of the molecule is CCNC(=O)C(N)CCCCNC(=O)OC(C)(C)C. The van der Waals surface area contributed by atoms with E-state index in [4.69, 9.17) is 10.5 Å². The van der Waals surface area contributed by atoms with Crippen LogP contribution in [0.25, 0.3) is 0 Å². The van der Waals surface area contributed by atoms with Gasteiger partial charge in [0, 0.05) is 13.1 Å². The highest BCUT2D eigenvalue weighted by Gasteiger charge is 2.15. The average molecular weight is 273 g/mol. The lowest BCUT2D eigenvalue weighted by atomic mass is 10.1. The van der Waals surface area contributed by atoms with Crippen LogP contribution >= 0.6 is 0 Å². The van der Waals surface area contributed by atoms with Crippen LogP contribution in [0, 0.1) is 0 Å². The van der Waals surface area contributed by atoms with E-state index in [0.717, 1.165) is 12.8 Å². The monoisotopic (exact) mass is 273 g/mol. The van der Waals surface area contributed by atoms with Crippen molar-refractivity contribution in [3.8, 4) is 0 Å². The fraction of sp³-hybridized carbons (Fsp3) is 0.846. The van der Waals surface area contributed by atoms with Crippen molar-refractivity contribution in [2.75, 3.05) is 13.1 Å². The van der Waals surface area contributed by atoms with Gasteiger partial charge in [0.2, 0.25) is 5.91 Å². The van der Waals surface area contributed by atoms with Crippen molar-refractivity contribution >= 4 is 12.0 Å². The van der Waals surface area contributed by atoms with Crippen molar-refractivity contribution in [2.45, 2.75) is 58.6 Å².